The molecule has 5 aromatic rings. The summed E-state index contributed by atoms with van der Waals surface area (Å²) in [6, 6.07) is 30.9. The number of rotatable bonds is 8. The van der Waals surface area contributed by atoms with Crippen molar-refractivity contribution in [2.75, 3.05) is 7.05 Å². The van der Waals surface area contributed by atoms with Crippen molar-refractivity contribution in [3.05, 3.63) is 132 Å². The van der Waals surface area contributed by atoms with E-state index in [4.69, 9.17) is 4.98 Å². The molecule has 1 unspecified atom stereocenters. The molecule has 192 valence electrons. The molecule has 39 heavy (non-hydrogen) atoms. The van der Waals surface area contributed by atoms with Crippen LogP contribution >= 0.6 is 0 Å². The highest BCUT2D eigenvalue weighted by Gasteiger charge is 2.24. The average molecular weight is 512 g/mol. The van der Waals surface area contributed by atoms with Gasteiger partial charge in [-0.3, -0.25) is 0 Å². The number of aromatic nitrogens is 3. The van der Waals surface area contributed by atoms with Gasteiger partial charge in [-0.2, -0.15) is 5.10 Å². The molecule has 1 aliphatic rings. The third kappa shape index (κ3) is 5.15. The number of aldehydes is 1. The zero-order chi connectivity index (χ0) is 26.6. The van der Waals surface area contributed by atoms with Crippen LogP contribution in [0.4, 0.5) is 0 Å². The van der Waals surface area contributed by atoms with Crippen LogP contribution in [0.25, 0.3) is 34.1 Å². The summed E-state index contributed by atoms with van der Waals surface area (Å²) in [4.78, 5) is 18.9. The van der Waals surface area contributed by atoms with E-state index in [-0.39, 0.29) is 6.04 Å². The first-order valence-electron chi connectivity index (χ1n) is 13.0. The highest BCUT2D eigenvalue weighted by Crippen LogP contribution is 2.37. The lowest BCUT2D eigenvalue weighted by Crippen LogP contribution is -2.24. The Balaban J connectivity index is 1.21. The fourth-order valence-electron chi connectivity index (χ4n) is 4.96. The lowest BCUT2D eigenvalue weighted by Gasteiger charge is -2.28. The summed E-state index contributed by atoms with van der Waals surface area (Å²) in [6.45, 7) is 1.55. The van der Waals surface area contributed by atoms with Crippen LogP contribution in [0.1, 0.15) is 28.4 Å². The van der Waals surface area contributed by atoms with E-state index < -0.39 is 0 Å². The van der Waals surface area contributed by atoms with Crippen LogP contribution in [0.3, 0.4) is 0 Å². The number of nitrogens with one attached hydrogen (secondary N) is 1. The van der Waals surface area contributed by atoms with Gasteiger partial charge in [-0.15, -0.1) is 0 Å². The summed E-state index contributed by atoms with van der Waals surface area (Å²) >= 11 is 0. The molecule has 1 atom stereocenters. The Hall–Kier alpha value is -4.81. The van der Waals surface area contributed by atoms with Crippen molar-refractivity contribution < 1.29 is 4.79 Å². The smallest absolute Gasteiger partial charge is 0.147 e. The number of benzene rings is 3. The zero-order valence-electron chi connectivity index (χ0n) is 21.7. The van der Waals surface area contributed by atoms with Crippen molar-refractivity contribution in [3.8, 4) is 28.1 Å². The van der Waals surface area contributed by atoms with E-state index in [1.165, 1.54) is 11.1 Å². The Morgan fingerprint density at radius 2 is 1.59 bits per heavy atom. The third-order valence-electron chi connectivity index (χ3n) is 7.11. The largest absolute Gasteiger partial charge is 0.367 e. The van der Waals surface area contributed by atoms with Gasteiger partial charge in [0.25, 0.3) is 0 Å². The molecule has 0 saturated heterocycles. The van der Waals surface area contributed by atoms with Crippen LogP contribution in [-0.4, -0.2) is 33.0 Å². The quantitative estimate of drug-likeness (QED) is 0.257. The number of carbonyl (C=O) groups is 1. The van der Waals surface area contributed by atoms with Gasteiger partial charge in [-0.05, 0) is 47.0 Å². The molecule has 0 spiro atoms. The van der Waals surface area contributed by atoms with E-state index in [0.29, 0.717) is 0 Å². The Morgan fingerprint density at radius 1 is 0.872 bits per heavy atom. The summed E-state index contributed by atoms with van der Waals surface area (Å²) in [6.07, 6.45) is 8.60. The van der Waals surface area contributed by atoms with E-state index >= 15 is 0 Å². The number of carbonyl (C=O) groups excluding carboxylic acids is 1. The highest BCUT2D eigenvalue weighted by atomic mass is 16.1. The molecule has 0 radical (unpaired) electrons. The van der Waals surface area contributed by atoms with Crippen molar-refractivity contribution >= 4 is 12.4 Å². The topological polar surface area (TPSA) is 63.1 Å². The Kier molecular flexibility index (Phi) is 6.85. The Morgan fingerprint density at radius 3 is 2.26 bits per heavy atom. The number of likely N-dealkylation sites (N-methyl/N-ethyl adjacent to an activating group) is 1. The molecule has 0 saturated carbocycles. The maximum absolute atomic E-state index is 11.9. The Labute approximate surface area is 228 Å². The number of fused-ring (bicyclic) bond motifs is 1. The van der Waals surface area contributed by atoms with Gasteiger partial charge in [0.2, 0.25) is 0 Å². The van der Waals surface area contributed by atoms with Crippen LogP contribution in [0, 0.1) is 0 Å². The van der Waals surface area contributed by atoms with Gasteiger partial charge in [-0.25, -0.2) is 9.67 Å². The van der Waals surface area contributed by atoms with Gasteiger partial charge in [0, 0.05) is 55.4 Å². The second kappa shape index (κ2) is 10.9. The minimum absolute atomic E-state index is 0.343. The van der Waals surface area contributed by atoms with Gasteiger partial charge < -0.3 is 15.0 Å². The van der Waals surface area contributed by atoms with Crippen molar-refractivity contribution in [1.29, 1.82) is 0 Å². The van der Waals surface area contributed by atoms with E-state index in [1.807, 2.05) is 59.4 Å². The van der Waals surface area contributed by atoms with E-state index in [0.717, 1.165) is 58.7 Å². The molecule has 0 fully saturated rings. The van der Waals surface area contributed by atoms with Crippen LogP contribution in [0.5, 0.6) is 0 Å². The maximum Gasteiger partial charge on any atom is 0.147 e. The number of pyridine rings is 1. The van der Waals surface area contributed by atoms with Crippen LogP contribution < -0.4 is 5.32 Å². The van der Waals surface area contributed by atoms with E-state index in [1.54, 1.807) is 6.20 Å². The monoisotopic (exact) mass is 511 g/mol. The number of hydrogen-bond donors (Lipinski definition) is 1. The SMILES string of the molecule is CN1C=Cc2nc(-c3ccc(CNCc4ccc(-n5cccn5)cc4)cc3)c(-c3ccccc3)cc2C1C=O. The van der Waals surface area contributed by atoms with Crippen LogP contribution in [-0.2, 0) is 17.9 Å². The molecule has 0 aliphatic carbocycles. The minimum Gasteiger partial charge on any atom is -0.367 e. The lowest BCUT2D eigenvalue weighted by molar-refractivity contribution is -0.111. The van der Waals surface area contributed by atoms with Gasteiger partial charge in [0.15, 0.2) is 0 Å². The second-order valence-electron chi connectivity index (χ2n) is 9.70. The van der Waals surface area contributed by atoms with Crippen molar-refractivity contribution in [1.82, 2.24) is 25.0 Å². The first-order chi connectivity index (χ1) is 19.2. The molecule has 3 aromatic carbocycles. The van der Waals surface area contributed by atoms with E-state index in [9.17, 15) is 4.79 Å². The second-order valence-corrected chi connectivity index (χ2v) is 9.70. The fraction of sp³-hybridized carbons (Fsp3) is 0.121. The first kappa shape index (κ1) is 24.5. The molecule has 6 rings (SSSR count). The van der Waals surface area contributed by atoms with Crippen molar-refractivity contribution in [2.45, 2.75) is 19.1 Å². The molecule has 0 amide bonds. The standard InChI is InChI=1S/C33H29N5O/c1-37-19-16-31-30(32(37)23-39)20-29(26-6-3-2-4-7-26)33(36-31)27-12-8-24(9-13-27)21-34-22-25-10-14-28(15-11-25)38-18-5-17-35-38/h2-20,23,32,34H,21-22H2,1H3. The predicted octanol–water partition coefficient (Wildman–Crippen LogP) is 6.05. The van der Waals surface area contributed by atoms with Crippen molar-refractivity contribution in [3.63, 3.8) is 0 Å². The molecular formula is C33H29N5O. The van der Waals surface area contributed by atoms with Gasteiger partial charge in [0.05, 0.1) is 17.1 Å². The zero-order valence-corrected chi connectivity index (χ0v) is 21.7. The third-order valence-corrected chi connectivity index (χ3v) is 7.11. The molecule has 1 N–H and O–H groups in total. The molecule has 2 aromatic heterocycles. The predicted molar refractivity (Wildman–Crippen MR) is 155 cm³/mol. The normalized spacial score (nSPS) is 14.3. The molecular weight excluding hydrogens is 482 g/mol. The van der Waals surface area contributed by atoms with Gasteiger partial charge >= 0.3 is 0 Å². The molecule has 3 heterocycles. The number of nitrogens with zero attached hydrogens (tertiary/aromatic N) is 4. The molecule has 6 heteroatoms. The summed E-state index contributed by atoms with van der Waals surface area (Å²) in [5, 5.41) is 7.82. The summed E-state index contributed by atoms with van der Waals surface area (Å²) in [5.41, 5.74) is 9.30. The molecule has 1 aliphatic heterocycles. The fourth-order valence-corrected chi connectivity index (χ4v) is 4.96. The lowest BCUT2D eigenvalue weighted by atomic mass is 9.92. The van der Waals surface area contributed by atoms with E-state index in [2.05, 4.69) is 77.1 Å². The minimum atomic E-state index is -0.343. The summed E-state index contributed by atoms with van der Waals surface area (Å²) in [7, 11) is 1.91. The first-order valence-corrected chi connectivity index (χ1v) is 13.0. The molecule has 0 bridgehead atoms. The summed E-state index contributed by atoms with van der Waals surface area (Å²) < 4.78 is 1.86. The Bertz CT molecular complexity index is 1590. The van der Waals surface area contributed by atoms with Gasteiger partial charge in [-0.1, -0.05) is 66.7 Å². The van der Waals surface area contributed by atoms with Crippen LogP contribution in [0.2, 0.25) is 0 Å². The number of hydrogen-bond acceptors (Lipinski definition) is 5. The summed E-state index contributed by atoms with van der Waals surface area (Å²) in [5.74, 6) is 0. The highest BCUT2D eigenvalue weighted by molar-refractivity contribution is 5.84. The van der Waals surface area contributed by atoms with Gasteiger partial charge in [0.1, 0.15) is 12.3 Å². The van der Waals surface area contributed by atoms with Crippen LogP contribution in [0.15, 0.2) is 110 Å². The van der Waals surface area contributed by atoms with Crippen molar-refractivity contribution in [2.24, 2.45) is 0 Å². The maximum atomic E-state index is 11.9. The molecule has 6 nitrogen and oxygen atoms in total. The average Bonchev–Trinajstić information content (AvgIpc) is 3.53.